The Hall–Kier alpha value is -0.710. The van der Waals surface area contributed by atoms with E-state index < -0.39 is 5.60 Å². The Balaban J connectivity index is 1.51. The van der Waals surface area contributed by atoms with Gasteiger partial charge in [0.1, 0.15) is 0 Å². The number of thioether (sulfide) groups is 1. The fraction of sp³-hybridized carbons (Fsp3) is 0.739. The van der Waals surface area contributed by atoms with Crippen molar-refractivity contribution in [2.45, 2.75) is 69.1 Å². The molecule has 0 saturated carbocycles. The minimum Gasteiger partial charge on any atom is -0.388 e. The summed E-state index contributed by atoms with van der Waals surface area (Å²) in [7, 11) is 0. The van der Waals surface area contributed by atoms with Gasteiger partial charge in [-0.25, -0.2) is 0 Å². The molecule has 2 fully saturated rings. The van der Waals surface area contributed by atoms with Crippen LogP contribution in [0.4, 0.5) is 5.69 Å². The maximum Gasteiger partial charge on any atom is 0.0807 e. The molecular formula is C23H38N2OS. The topological polar surface area (TPSA) is 26.7 Å². The lowest BCUT2D eigenvalue weighted by Crippen LogP contribution is -2.52. The Morgan fingerprint density at radius 1 is 1.07 bits per heavy atom. The first kappa shape index (κ1) is 21.0. The van der Waals surface area contributed by atoms with Gasteiger partial charge in [0.15, 0.2) is 0 Å². The van der Waals surface area contributed by atoms with Gasteiger partial charge in [-0.3, -0.25) is 0 Å². The zero-order valence-corrected chi connectivity index (χ0v) is 18.5. The molecule has 0 spiro atoms. The molecule has 2 saturated heterocycles. The van der Waals surface area contributed by atoms with Crippen LogP contribution in [-0.4, -0.2) is 53.6 Å². The van der Waals surface area contributed by atoms with Crippen LogP contribution in [0, 0.1) is 11.8 Å². The van der Waals surface area contributed by atoms with Crippen LogP contribution >= 0.6 is 11.8 Å². The summed E-state index contributed by atoms with van der Waals surface area (Å²) in [6.07, 6.45) is 4.33. The molecule has 0 aromatic heterocycles. The average molecular weight is 391 g/mol. The van der Waals surface area contributed by atoms with Crippen molar-refractivity contribution in [3.63, 3.8) is 0 Å². The van der Waals surface area contributed by atoms with E-state index in [-0.39, 0.29) is 0 Å². The zero-order valence-electron chi connectivity index (χ0n) is 17.7. The highest BCUT2D eigenvalue weighted by Crippen LogP contribution is 2.32. The van der Waals surface area contributed by atoms with Crippen LogP contribution in [0.3, 0.4) is 0 Å². The van der Waals surface area contributed by atoms with Gasteiger partial charge in [0, 0.05) is 35.5 Å². The lowest BCUT2D eigenvalue weighted by molar-refractivity contribution is -0.0249. The van der Waals surface area contributed by atoms with Gasteiger partial charge in [-0.2, -0.15) is 0 Å². The number of rotatable bonds is 6. The number of piperidine rings is 2. The van der Waals surface area contributed by atoms with Crippen LogP contribution in [0.5, 0.6) is 0 Å². The van der Waals surface area contributed by atoms with Crippen molar-refractivity contribution in [1.29, 1.82) is 0 Å². The second-order valence-corrected chi connectivity index (χ2v) is 10.9. The first-order valence-corrected chi connectivity index (χ1v) is 11.7. The Labute approximate surface area is 170 Å². The van der Waals surface area contributed by atoms with Crippen molar-refractivity contribution in [1.82, 2.24) is 4.90 Å². The van der Waals surface area contributed by atoms with E-state index in [1.165, 1.54) is 23.4 Å². The number of hydrogen-bond acceptors (Lipinski definition) is 4. The molecule has 0 bridgehead atoms. The monoisotopic (exact) mass is 390 g/mol. The van der Waals surface area contributed by atoms with E-state index in [0.29, 0.717) is 5.25 Å². The summed E-state index contributed by atoms with van der Waals surface area (Å²) in [5, 5.41) is 11.8. The van der Waals surface area contributed by atoms with Crippen molar-refractivity contribution >= 4 is 17.4 Å². The largest absolute Gasteiger partial charge is 0.388 e. The number of anilines is 1. The Morgan fingerprint density at radius 3 is 2.33 bits per heavy atom. The van der Waals surface area contributed by atoms with E-state index in [0.717, 1.165) is 57.4 Å². The highest BCUT2D eigenvalue weighted by molar-refractivity contribution is 7.99. The molecule has 1 N–H and O–H groups in total. The van der Waals surface area contributed by atoms with Gasteiger partial charge in [0.05, 0.1) is 5.60 Å². The fourth-order valence-corrected chi connectivity index (χ4v) is 5.45. The minimum atomic E-state index is -0.508. The Bertz CT molecular complexity index is 588. The van der Waals surface area contributed by atoms with E-state index in [1.807, 2.05) is 11.8 Å². The van der Waals surface area contributed by atoms with Gasteiger partial charge in [-0.15, -0.1) is 11.8 Å². The molecule has 2 heterocycles. The molecule has 0 atom stereocenters. The molecule has 1 aromatic rings. The quantitative estimate of drug-likeness (QED) is 0.700. The molecule has 3 nitrogen and oxygen atoms in total. The molecule has 1 aromatic carbocycles. The minimum absolute atomic E-state index is 0.508. The van der Waals surface area contributed by atoms with Crippen molar-refractivity contribution in [3.05, 3.63) is 24.3 Å². The summed E-state index contributed by atoms with van der Waals surface area (Å²) in [5.41, 5.74) is 0.797. The van der Waals surface area contributed by atoms with Gasteiger partial charge in [0.2, 0.25) is 0 Å². The van der Waals surface area contributed by atoms with Gasteiger partial charge in [-0.05, 0) is 68.8 Å². The first-order valence-electron chi connectivity index (χ1n) is 10.8. The number of β-amino-alcohol motifs (C(OH)–C–C–N with tert-alkyl or cyclic N) is 1. The summed E-state index contributed by atoms with van der Waals surface area (Å²) in [5.74, 6) is 1.66. The van der Waals surface area contributed by atoms with Gasteiger partial charge in [-0.1, -0.05) is 33.8 Å². The van der Waals surface area contributed by atoms with Crippen molar-refractivity contribution in [2.24, 2.45) is 11.8 Å². The third-order valence-corrected chi connectivity index (χ3v) is 7.34. The van der Waals surface area contributed by atoms with Gasteiger partial charge >= 0.3 is 0 Å². The maximum atomic E-state index is 11.2. The molecule has 0 unspecified atom stereocenters. The third-order valence-electron chi connectivity index (χ3n) is 6.34. The van der Waals surface area contributed by atoms with Crippen molar-refractivity contribution in [2.75, 3.05) is 37.6 Å². The predicted octanol–water partition coefficient (Wildman–Crippen LogP) is 4.89. The molecule has 2 aliphatic heterocycles. The molecule has 27 heavy (non-hydrogen) atoms. The highest BCUT2D eigenvalue weighted by atomic mass is 32.2. The number of aliphatic hydroxyl groups is 1. The smallest absolute Gasteiger partial charge is 0.0807 e. The second-order valence-electron chi connectivity index (χ2n) is 9.23. The average Bonchev–Trinajstić information content (AvgIpc) is 2.62. The van der Waals surface area contributed by atoms with E-state index >= 15 is 0 Å². The molecule has 0 amide bonds. The van der Waals surface area contributed by atoms with E-state index in [1.54, 1.807) is 0 Å². The molecular weight excluding hydrogens is 352 g/mol. The SMILES string of the molecule is CC(C)Sc1cccc(N2CCC(O)(CN3CCC(C(C)C)CC3)CC2)c1. The number of hydrogen-bond donors (Lipinski definition) is 1. The molecule has 2 aliphatic rings. The zero-order chi connectivity index (χ0) is 19.4. The maximum absolute atomic E-state index is 11.2. The predicted molar refractivity (Wildman–Crippen MR) is 118 cm³/mol. The fourth-order valence-electron chi connectivity index (χ4n) is 4.56. The molecule has 0 radical (unpaired) electrons. The second kappa shape index (κ2) is 9.19. The summed E-state index contributed by atoms with van der Waals surface area (Å²) < 4.78 is 0. The summed E-state index contributed by atoms with van der Waals surface area (Å²) in [6, 6.07) is 8.89. The Morgan fingerprint density at radius 2 is 1.74 bits per heavy atom. The van der Waals surface area contributed by atoms with Crippen LogP contribution in [0.2, 0.25) is 0 Å². The van der Waals surface area contributed by atoms with Crippen molar-refractivity contribution in [3.8, 4) is 0 Å². The van der Waals surface area contributed by atoms with E-state index in [9.17, 15) is 5.11 Å². The molecule has 4 heteroatoms. The normalized spacial score (nSPS) is 22.0. The van der Waals surface area contributed by atoms with Crippen LogP contribution in [0.15, 0.2) is 29.2 Å². The van der Waals surface area contributed by atoms with Gasteiger partial charge < -0.3 is 14.9 Å². The standard InChI is InChI=1S/C23H38N2OS/c1-18(2)20-8-12-24(13-9-20)17-23(26)10-14-25(15-11-23)21-6-5-7-22(16-21)27-19(3)4/h5-7,16,18-20,26H,8-15,17H2,1-4H3. The van der Waals surface area contributed by atoms with Crippen LogP contribution < -0.4 is 4.90 Å². The summed E-state index contributed by atoms with van der Waals surface area (Å²) in [6.45, 7) is 14.2. The third kappa shape index (κ3) is 5.88. The van der Waals surface area contributed by atoms with E-state index in [4.69, 9.17) is 0 Å². The number of nitrogens with zero attached hydrogens (tertiary/aromatic N) is 2. The van der Waals surface area contributed by atoms with Crippen molar-refractivity contribution < 1.29 is 5.11 Å². The number of benzene rings is 1. The van der Waals surface area contributed by atoms with Crippen LogP contribution in [0.25, 0.3) is 0 Å². The number of likely N-dealkylation sites (tertiary alicyclic amines) is 1. The van der Waals surface area contributed by atoms with Crippen LogP contribution in [-0.2, 0) is 0 Å². The summed E-state index contributed by atoms with van der Waals surface area (Å²) >= 11 is 1.92. The first-order chi connectivity index (χ1) is 12.8. The summed E-state index contributed by atoms with van der Waals surface area (Å²) in [4.78, 5) is 6.30. The lowest BCUT2D eigenvalue weighted by Gasteiger charge is -2.43. The molecule has 3 rings (SSSR count). The Kier molecular flexibility index (Phi) is 7.15. The molecule has 152 valence electrons. The van der Waals surface area contributed by atoms with Gasteiger partial charge in [0.25, 0.3) is 0 Å². The van der Waals surface area contributed by atoms with Crippen LogP contribution in [0.1, 0.15) is 53.4 Å². The molecule has 0 aliphatic carbocycles. The highest BCUT2D eigenvalue weighted by Gasteiger charge is 2.35. The van der Waals surface area contributed by atoms with E-state index in [2.05, 4.69) is 61.8 Å². The lowest BCUT2D eigenvalue weighted by atomic mass is 9.85.